The lowest BCUT2D eigenvalue weighted by Gasteiger charge is -2.27. The molecule has 0 aliphatic carbocycles. The Kier molecular flexibility index (Phi) is 5.39. The SMILES string of the molecule is CC1=C(C(=O)OC[C@@H]2CCCO2)[C@@H](c2c(F)cccc2Cl)CC(=O)N1. The predicted molar refractivity (Wildman–Crippen MR) is 89.5 cm³/mol. The third-order valence-corrected chi connectivity index (χ3v) is 4.79. The third-order valence-electron chi connectivity index (χ3n) is 4.46. The van der Waals surface area contributed by atoms with Gasteiger partial charge in [0.15, 0.2) is 0 Å². The number of amides is 1. The molecule has 1 fully saturated rings. The molecule has 5 nitrogen and oxygen atoms in total. The number of carbonyl (C=O) groups is 2. The molecule has 2 atom stereocenters. The summed E-state index contributed by atoms with van der Waals surface area (Å²) in [5.41, 5.74) is 0.727. The topological polar surface area (TPSA) is 64.6 Å². The molecule has 0 spiro atoms. The van der Waals surface area contributed by atoms with E-state index in [2.05, 4.69) is 5.32 Å². The molecule has 1 saturated heterocycles. The lowest BCUT2D eigenvalue weighted by molar-refractivity contribution is -0.142. The zero-order valence-corrected chi connectivity index (χ0v) is 14.6. The van der Waals surface area contributed by atoms with E-state index >= 15 is 0 Å². The monoisotopic (exact) mass is 367 g/mol. The summed E-state index contributed by atoms with van der Waals surface area (Å²) in [6.45, 7) is 2.40. The van der Waals surface area contributed by atoms with Crippen molar-refractivity contribution < 1.29 is 23.5 Å². The minimum absolute atomic E-state index is 0.0671. The maximum Gasteiger partial charge on any atom is 0.336 e. The van der Waals surface area contributed by atoms with Gasteiger partial charge < -0.3 is 14.8 Å². The van der Waals surface area contributed by atoms with Crippen LogP contribution < -0.4 is 5.32 Å². The highest BCUT2D eigenvalue weighted by Gasteiger charge is 2.35. The second-order valence-corrected chi connectivity index (χ2v) is 6.62. The van der Waals surface area contributed by atoms with Crippen LogP contribution in [0.3, 0.4) is 0 Å². The summed E-state index contributed by atoms with van der Waals surface area (Å²) < 4.78 is 25.2. The Labute approximate surface area is 150 Å². The van der Waals surface area contributed by atoms with Crippen molar-refractivity contribution in [3.63, 3.8) is 0 Å². The van der Waals surface area contributed by atoms with E-state index in [-0.39, 0.29) is 41.2 Å². The van der Waals surface area contributed by atoms with E-state index in [1.54, 1.807) is 6.92 Å². The number of esters is 1. The van der Waals surface area contributed by atoms with Gasteiger partial charge >= 0.3 is 5.97 Å². The van der Waals surface area contributed by atoms with Crippen LogP contribution in [-0.4, -0.2) is 31.2 Å². The van der Waals surface area contributed by atoms with E-state index in [1.165, 1.54) is 18.2 Å². The van der Waals surface area contributed by atoms with Crippen LogP contribution in [0.1, 0.15) is 37.7 Å². The zero-order valence-electron chi connectivity index (χ0n) is 13.8. The average molecular weight is 368 g/mol. The summed E-state index contributed by atoms with van der Waals surface area (Å²) in [7, 11) is 0. The summed E-state index contributed by atoms with van der Waals surface area (Å²) >= 11 is 6.14. The highest BCUT2D eigenvalue weighted by atomic mass is 35.5. The van der Waals surface area contributed by atoms with E-state index in [0.717, 1.165) is 12.8 Å². The molecular weight excluding hydrogens is 349 g/mol. The van der Waals surface area contributed by atoms with Crippen LogP contribution in [0, 0.1) is 5.82 Å². The fourth-order valence-electron chi connectivity index (χ4n) is 3.28. The first-order valence-electron chi connectivity index (χ1n) is 8.20. The Bertz CT molecular complexity index is 708. The van der Waals surface area contributed by atoms with Crippen molar-refractivity contribution in [2.45, 2.75) is 38.2 Å². The highest BCUT2D eigenvalue weighted by Crippen LogP contribution is 2.38. The third kappa shape index (κ3) is 3.85. The first kappa shape index (κ1) is 17.9. The molecular formula is C18H19ClFNO4. The van der Waals surface area contributed by atoms with E-state index in [9.17, 15) is 14.0 Å². The summed E-state index contributed by atoms with van der Waals surface area (Å²) in [6.07, 6.45) is 1.60. The Morgan fingerprint density at radius 3 is 2.96 bits per heavy atom. The van der Waals surface area contributed by atoms with Gasteiger partial charge in [0, 0.05) is 35.2 Å². The molecule has 0 unspecified atom stereocenters. The number of rotatable bonds is 4. The molecule has 2 aliphatic rings. The van der Waals surface area contributed by atoms with Crippen molar-refractivity contribution in [3.8, 4) is 0 Å². The minimum atomic E-state index is -0.778. The number of hydrogen-bond donors (Lipinski definition) is 1. The molecule has 3 rings (SSSR count). The van der Waals surface area contributed by atoms with Gasteiger partial charge in [-0.1, -0.05) is 17.7 Å². The van der Waals surface area contributed by atoms with Crippen molar-refractivity contribution in [3.05, 3.63) is 45.9 Å². The molecule has 1 amide bonds. The van der Waals surface area contributed by atoms with Crippen LogP contribution in [-0.2, 0) is 19.1 Å². The van der Waals surface area contributed by atoms with Gasteiger partial charge in [0.1, 0.15) is 12.4 Å². The lowest BCUT2D eigenvalue weighted by atomic mass is 9.84. The van der Waals surface area contributed by atoms with Gasteiger partial charge in [0.05, 0.1) is 11.7 Å². The van der Waals surface area contributed by atoms with Crippen LogP contribution >= 0.6 is 11.6 Å². The van der Waals surface area contributed by atoms with E-state index < -0.39 is 17.7 Å². The normalized spacial score (nSPS) is 23.6. The van der Waals surface area contributed by atoms with Crippen LogP contribution in [0.5, 0.6) is 0 Å². The number of hydrogen-bond acceptors (Lipinski definition) is 4. The molecule has 7 heteroatoms. The first-order chi connectivity index (χ1) is 12.0. The molecule has 25 heavy (non-hydrogen) atoms. The van der Waals surface area contributed by atoms with Crippen molar-refractivity contribution >= 4 is 23.5 Å². The Morgan fingerprint density at radius 2 is 2.28 bits per heavy atom. The number of nitrogens with one attached hydrogen (secondary N) is 1. The molecule has 0 saturated carbocycles. The largest absolute Gasteiger partial charge is 0.460 e. The summed E-state index contributed by atoms with van der Waals surface area (Å²) in [5, 5.41) is 2.80. The average Bonchev–Trinajstić information content (AvgIpc) is 3.05. The maximum atomic E-state index is 14.3. The summed E-state index contributed by atoms with van der Waals surface area (Å²) in [6, 6.07) is 4.28. The van der Waals surface area contributed by atoms with Gasteiger partial charge in [-0.3, -0.25) is 4.79 Å². The van der Waals surface area contributed by atoms with Crippen molar-refractivity contribution in [1.82, 2.24) is 5.32 Å². The van der Waals surface area contributed by atoms with E-state index in [1.807, 2.05) is 0 Å². The molecule has 1 aromatic carbocycles. The zero-order chi connectivity index (χ0) is 18.0. The van der Waals surface area contributed by atoms with E-state index in [4.69, 9.17) is 21.1 Å². The van der Waals surface area contributed by atoms with Crippen molar-refractivity contribution in [2.24, 2.45) is 0 Å². The molecule has 1 aromatic rings. The fourth-order valence-corrected chi connectivity index (χ4v) is 3.58. The van der Waals surface area contributed by atoms with Gasteiger partial charge in [-0.15, -0.1) is 0 Å². The Balaban J connectivity index is 1.88. The number of carbonyl (C=O) groups excluding carboxylic acids is 2. The lowest BCUT2D eigenvalue weighted by Crippen LogP contribution is -2.35. The maximum absolute atomic E-state index is 14.3. The predicted octanol–water partition coefficient (Wildman–Crippen LogP) is 3.08. The van der Waals surface area contributed by atoms with Crippen LogP contribution in [0.4, 0.5) is 4.39 Å². The molecule has 1 N–H and O–H groups in total. The molecule has 2 heterocycles. The van der Waals surface area contributed by atoms with Gasteiger partial charge in [-0.2, -0.15) is 0 Å². The van der Waals surface area contributed by atoms with Gasteiger partial charge in [-0.05, 0) is 31.9 Å². The van der Waals surface area contributed by atoms with Crippen molar-refractivity contribution in [2.75, 3.05) is 13.2 Å². The number of allylic oxidation sites excluding steroid dienone is 1. The smallest absolute Gasteiger partial charge is 0.336 e. The second kappa shape index (κ2) is 7.54. The Morgan fingerprint density at radius 1 is 1.48 bits per heavy atom. The quantitative estimate of drug-likeness (QED) is 0.831. The van der Waals surface area contributed by atoms with Crippen LogP contribution in [0.25, 0.3) is 0 Å². The van der Waals surface area contributed by atoms with Crippen molar-refractivity contribution in [1.29, 1.82) is 0 Å². The Hall–Kier alpha value is -1.92. The molecule has 134 valence electrons. The number of ether oxygens (including phenoxy) is 2. The highest BCUT2D eigenvalue weighted by molar-refractivity contribution is 6.31. The number of halogens is 2. The summed E-state index contributed by atoms with van der Waals surface area (Å²) in [5.74, 6) is -2.21. The minimum Gasteiger partial charge on any atom is -0.460 e. The van der Waals surface area contributed by atoms with E-state index in [0.29, 0.717) is 12.3 Å². The molecule has 0 bridgehead atoms. The van der Waals surface area contributed by atoms with Gasteiger partial charge in [0.25, 0.3) is 0 Å². The molecule has 0 radical (unpaired) electrons. The summed E-state index contributed by atoms with van der Waals surface area (Å²) in [4.78, 5) is 24.6. The van der Waals surface area contributed by atoms with Crippen LogP contribution in [0.2, 0.25) is 5.02 Å². The fraction of sp³-hybridized carbons (Fsp3) is 0.444. The van der Waals surface area contributed by atoms with Crippen LogP contribution in [0.15, 0.2) is 29.5 Å². The second-order valence-electron chi connectivity index (χ2n) is 6.21. The standard InChI is InChI=1S/C18H19ClFNO4/c1-10-16(18(23)25-9-11-4-3-7-24-11)12(8-15(22)21-10)17-13(19)5-2-6-14(17)20/h2,5-6,11-12H,3-4,7-9H2,1H3,(H,21,22)/t11-,12-/m0/s1. The first-order valence-corrected chi connectivity index (χ1v) is 8.58. The molecule has 2 aliphatic heterocycles. The number of benzene rings is 1. The molecule has 0 aromatic heterocycles. The van der Waals surface area contributed by atoms with Gasteiger partial charge in [-0.25, -0.2) is 9.18 Å². The van der Waals surface area contributed by atoms with Gasteiger partial charge in [0.2, 0.25) is 5.91 Å².